The number of halogens is 1. The van der Waals surface area contributed by atoms with E-state index >= 15 is 0 Å². The van der Waals surface area contributed by atoms with Gasteiger partial charge >= 0.3 is 0 Å². The van der Waals surface area contributed by atoms with Crippen LogP contribution in [0.1, 0.15) is 24.1 Å². The molecule has 122 valence electrons. The molecule has 0 amide bonds. The fraction of sp³-hybridized carbons (Fsp3) is 0.294. The fourth-order valence-electron chi connectivity index (χ4n) is 2.91. The van der Waals surface area contributed by atoms with Crippen molar-refractivity contribution in [3.8, 4) is 5.75 Å². The van der Waals surface area contributed by atoms with Crippen LogP contribution in [0.2, 0.25) is 0 Å². The highest BCUT2D eigenvalue weighted by molar-refractivity contribution is 7.89. The number of hydrogen-bond donors (Lipinski definition) is 0. The van der Waals surface area contributed by atoms with E-state index in [1.54, 1.807) is 6.92 Å². The summed E-state index contributed by atoms with van der Waals surface area (Å²) in [5, 5.41) is 0. The van der Waals surface area contributed by atoms with E-state index in [-0.39, 0.29) is 24.1 Å². The molecule has 0 saturated carbocycles. The van der Waals surface area contributed by atoms with Crippen molar-refractivity contribution >= 4 is 10.0 Å². The zero-order valence-electron chi connectivity index (χ0n) is 13.0. The minimum atomic E-state index is -3.74. The number of benzene rings is 2. The Kier molecular flexibility index (Phi) is 4.12. The van der Waals surface area contributed by atoms with Crippen LogP contribution in [0.3, 0.4) is 0 Å². The summed E-state index contributed by atoms with van der Waals surface area (Å²) in [6.07, 6.45) is 0. The fourth-order valence-corrected chi connectivity index (χ4v) is 4.71. The molecule has 1 heterocycles. The van der Waals surface area contributed by atoms with E-state index in [9.17, 15) is 12.8 Å². The number of fused-ring (bicyclic) bond motifs is 1. The van der Waals surface area contributed by atoms with Crippen molar-refractivity contribution in [2.24, 2.45) is 0 Å². The highest BCUT2D eigenvalue weighted by Crippen LogP contribution is 2.35. The van der Waals surface area contributed by atoms with Gasteiger partial charge in [0.2, 0.25) is 10.0 Å². The van der Waals surface area contributed by atoms with Crippen LogP contribution >= 0.6 is 0 Å². The molecule has 0 bridgehead atoms. The molecule has 0 saturated heterocycles. The van der Waals surface area contributed by atoms with Crippen LogP contribution in [0.4, 0.5) is 4.39 Å². The predicted octanol–water partition coefficient (Wildman–Crippen LogP) is 3.28. The number of aryl methyl sites for hydroxylation is 1. The summed E-state index contributed by atoms with van der Waals surface area (Å²) in [6, 6.07) is 10.8. The van der Waals surface area contributed by atoms with Gasteiger partial charge in [0.05, 0.1) is 10.9 Å². The average molecular weight is 335 g/mol. The van der Waals surface area contributed by atoms with Gasteiger partial charge in [0.25, 0.3) is 0 Å². The van der Waals surface area contributed by atoms with Crippen molar-refractivity contribution < 1.29 is 17.5 Å². The van der Waals surface area contributed by atoms with Crippen LogP contribution in [0.15, 0.2) is 47.4 Å². The lowest BCUT2D eigenvalue weighted by molar-refractivity contribution is 0.278. The van der Waals surface area contributed by atoms with Crippen molar-refractivity contribution in [2.75, 3.05) is 13.2 Å². The van der Waals surface area contributed by atoms with Crippen LogP contribution in [-0.2, 0) is 10.0 Å². The topological polar surface area (TPSA) is 46.6 Å². The Morgan fingerprint density at radius 1 is 1.22 bits per heavy atom. The van der Waals surface area contributed by atoms with Gasteiger partial charge in [0, 0.05) is 12.1 Å². The molecule has 1 atom stereocenters. The van der Waals surface area contributed by atoms with Gasteiger partial charge in [-0.2, -0.15) is 4.31 Å². The number of rotatable bonds is 2. The second-order valence-electron chi connectivity index (χ2n) is 5.59. The van der Waals surface area contributed by atoms with Gasteiger partial charge in [-0.3, -0.25) is 0 Å². The molecule has 0 aromatic heterocycles. The molecule has 3 rings (SSSR count). The standard InChI is InChI=1S/C17H18FNO3S/c1-12-11-14(18)7-8-17(12)23(20,21)19-9-10-22-16-6-4-3-5-15(16)13(19)2/h3-8,11,13H,9-10H2,1-2H3. The van der Waals surface area contributed by atoms with E-state index in [0.29, 0.717) is 11.3 Å². The first-order valence-electron chi connectivity index (χ1n) is 7.41. The molecule has 0 fully saturated rings. The van der Waals surface area contributed by atoms with Crippen LogP contribution in [0, 0.1) is 12.7 Å². The smallest absolute Gasteiger partial charge is 0.244 e. The summed E-state index contributed by atoms with van der Waals surface area (Å²) in [4.78, 5) is 0.130. The van der Waals surface area contributed by atoms with Gasteiger partial charge in [-0.05, 0) is 43.7 Å². The number of nitrogens with zero attached hydrogens (tertiary/aromatic N) is 1. The van der Waals surface area contributed by atoms with Gasteiger partial charge in [0.15, 0.2) is 0 Å². The van der Waals surface area contributed by atoms with Gasteiger partial charge in [-0.15, -0.1) is 0 Å². The Hall–Kier alpha value is -1.92. The first-order chi connectivity index (χ1) is 10.9. The maximum absolute atomic E-state index is 13.3. The average Bonchev–Trinajstić information content (AvgIpc) is 2.67. The first-order valence-corrected chi connectivity index (χ1v) is 8.85. The molecule has 0 spiro atoms. The van der Waals surface area contributed by atoms with Crippen LogP contribution in [-0.4, -0.2) is 25.9 Å². The van der Waals surface area contributed by atoms with Crippen molar-refractivity contribution in [1.29, 1.82) is 0 Å². The van der Waals surface area contributed by atoms with Crippen LogP contribution < -0.4 is 4.74 Å². The Morgan fingerprint density at radius 2 is 1.96 bits per heavy atom. The van der Waals surface area contributed by atoms with E-state index in [1.165, 1.54) is 22.5 Å². The number of para-hydroxylation sites is 1. The van der Waals surface area contributed by atoms with Crippen LogP contribution in [0.25, 0.3) is 0 Å². The molecule has 0 aliphatic carbocycles. The quantitative estimate of drug-likeness (QED) is 0.846. The minimum Gasteiger partial charge on any atom is -0.492 e. The summed E-state index contributed by atoms with van der Waals surface area (Å²) in [7, 11) is -3.74. The maximum Gasteiger partial charge on any atom is 0.244 e. The third-order valence-corrected chi connectivity index (χ3v) is 6.22. The normalized spacial score (nSPS) is 18.8. The minimum absolute atomic E-state index is 0.130. The molecule has 0 radical (unpaired) electrons. The summed E-state index contributed by atoms with van der Waals surface area (Å²) in [5.41, 5.74) is 1.23. The highest BCUT2D eigenvalue weighted by atomic mass is 32.2. The predicted molar refractivity (Wildman–Crippen MR) is 85.4 cm³/mol. The van der Waals surface area contributed by atoms with Gasteiger partial charge in [-0.25, -0.2) is 12.8 Å². The lowest BCUT2D eigenvalue weighted by Crippen LogP contribution is -2.35. The van der Waals surface area contributed by atoms with Gasteiger partial charge < -0.3 is 4.74 Å². The Morgan fingerprint density at radius 3 is 2.70 bits per heavy atom. The second kappa shape index (κ2) is 5.94. The van der Waals surface area contributed by atoms with Crippen molar-refractivity contribution in [1.82, 2.24) is 4.31 Å². The molecule has 2 aromatic rings. The first kappa shape index (κ1) is 16.0. The summed E-state index contributed by atoms with van der Waals surface area (Å²) < 4.78 is 46.4. The summed E-state index contributed by atoms with van der Waals surface area (Å²) in [5.74, 6) is 0.257. The zero-order chi connectivity index (χ0) is 16.6. The number of hydrogen-bond acceptors (Lipinski definition) is 3. The lowest BCUT2D eigenvalue weighted by atomic mass is 10.1. The molecule has 1 aliphatic heterocycles. The van der Waals surface area contributed by atoms with E-state index < -0.39 is 15.8 Å². The van der Waals surface area contributed by atoms with Crippen molar-refractivity contribution in [2.45, 2.75) is 24.8 Å². The third-order valence-electron chi connectivity index (χ3n) is 4.09. The molecule has 6 heteroatoms. The molecule has 1 aliphatic rings. The van der Waals surface area contributed by atoms with Gasteiger partial charge in [-0.1, -0.05) is 18.2 Å². The van der Waals surface area contributed by atoms with Gasteiger partial charge in [0.1, 0.15) is 18.2 Å². The molecule has 2 aromatic carbocycles. The largest absolute Gasteiger partial charge is 0.492 e. The van der Waals surface area contributed by atoms with E-state index in [4.69, 9.17) is 4.74 Å². The molecule has 23 heavy (non-hydrogen) atoms. The summed E-state index contributed by atoms with van der Waals surface area (Å²) >= 11 is 0. The van der Waals surface area contributed by atoms with Crippen LogP contribution in [0.5, 0.6) is 5.75 Å². The molecular weight excluding hydrogens is 317 g/mol. The molecule has 0 N–H and O–H groups in total. The summed E-state index contributed by atoms with van der Waals surface area (Å²) in [6.45, 7) is 3.96. The van der Waals surface area contributed by atoms with E-state index in [0.717, 1.165) is 5.56 Å². The molecule has 1 unspecified atom stereocenters. The monoisotopic (exact) mass is 335 g/mol. The molecule has 4 nitrogen and oxygen atoms in total. The number of sulfonamides is 1. The third kappa shape index (κ3) is 2.84. The van der Waals surface area contributed by atoms with E-state index in [2.05, 4.69) is 0 Å². The van der Waals surface area contributed by atoms with E-state index in [1.807, 2.05) is 31.2 Å². The Labute approximate surface area is 135 Å². The Bertz CT molecular complexity index is 835. The lowest BCUT2D eigenvalue weighted by Gasteiger charge is -2.26. The second-order valence-corrected chi connectivity index (χ2v) is 7.45. The molecular formula is C17H18FNO3S. The van der Waals surface area contributed by atoms with Crippen molar-refractivity contribution in [3.05, 3.63) is 59.4 Å². The SMILES string of the molecule is Cc1cc(F)ccc1S(=O)(=O)N1CCOc2ccccc2C1C. The van der Waals surface area contributed by atoms with Crippen molar-refractivity contribution in [3.63, 3.8) is 0 Å². The Balaban J connectivity index is 2.06. The zero-order valence-corrected chi connectivity index (χ0v) is 13.8. The maximum atomic E-state index is 13.3. The highest BCUT2D eigenvalue weighted by Gasteiger charge is 2.33. The number of ether oxygens (including phenoxy) is 1.